The maximum atomic E-state index is 5.79. The van der Waals surface area contributed by atoms with Crippen LogP contribution in [0.1, 0.15) is 17.0 Å². The van der Waals surface area contributed by atoms with Gasteiger partial charge in [-0.15, -0.1) is 10.2 Å². The van der Waals surface area contributed by atoms with Crippen LogP contribution >= 0.6 is 0 Å². The highest BCUT2D eigenvalue weighted by atomic mass is 16.5. The number of ether oxygens (including phenoxy) is 1. The lowest BCUT2D eigenvalue weighted by Gasteiger charge is -2.12. The molecule has 2 N–H and O–H groups in total. The fourth-order valence-electron chi connectivity index (χ4n) is 1.79. The standard InChI is InChI=1S/C12H17N5O/c1-9-4-3-5-10(6-7-13)12(9)18-8-11-14-16-17(2)15-11/h3-5H,6-8,13H2,1-2H3. The third-order valence-corrected chi connectivity index (χ3v) is 2.60. The van der Waals surface area contributed by atoms with Crippen molar-refractivity contribution in [2.45, 2.75) is 20.0 Å². The van der Waals surface area contributed by atoms with E-state index in [-0.39, 0.29) is 0 Å². The van der Waals surface area contributed by atoms with E-state index >= 15 is 0 Å². The van der Waals surface area contributed by atoms with Crippen LogP contribution in [0.5, 0.6) is 5.75 Å². The molecule has 0 atom stereocenters. The predicted octanol–water partition coefficient (Wildman–Crippen LogP) is 0.599. The predicted molar refractivity (Wildman–Crippen MR) is 67.1 cm³/mol. The van der Waals surface area contributed by atoms with Crippen molar-refractivity contribution in [2.24, 2.45) is 12.8 Å². The van der Waals surface area contributed by atoms with Crippen LogP contribution in [-0.2, 0) is 20.1 Å². The number of hydrogen-bond donors (Lipinski definition) is 1. The summed E-state index contributed by atoms with van der Waals surface area (Å²) in [4.78, 5) is 1.41. The molecule has 18 heavy (non-hydrogen) atoms. The molecule has 0 aliphatic heterocycles. The Morgan fingerprint density at radius 3 is 2.89 bits per heavy atom. The summed E-state index contributed by atoms with van der Waals surface area (Å²) < 4.78 is 5.79. The second-order valence-electron chi connectivity index (χ2n) is 4.09. The van der Waals surface area contributed by atoms with Gasteiger partial charge in [-0.1, -0.05) is 18.2 Å². The minimum atomic E-state index is 0.316. The van der Waals surface area contributed by atoms with Gasteiger partial charge >= 0.3 is 0 Å². The summed E-state index contributed by atoms with van der Waals surface area (Å²) in [5, 5.41) is 11.7. The number of para-hydroxylation sites is 1. The van der Waals surface area contributed by atoms with Gasteiger partial charge in [0.25, 0.3) is 0 Å². The first-order valence-corrected chi connectivity index (χ1v) is 5.85. The number of benzene rings is 1. The zero-order valence-corrected chi connectivity index (χ0v) is 10.6. The van der Waals surface area contributed by atoms with Gasteiger partial charge < -0.3 is 10.5 Å². The van der Waals surface area contributed by atoms with Crippen molar-refractivity contribution in [2.75, 3.05) is 6.54 Å². The molecule has 1 aromatic carbocycles. The van der Waals surface area contributed by atoms with Crippen LogP contribution in [0.15, 0.2) is 18.2 Å². The Labute approximate surface area is 106 Å². The number of hydrogen-bond acceptors (Lipinski definition) is 5. The van der Waals surface area contributed by atoms with E-state index in [9.17, 15) is 0 Å². The van der Waals surface area contributed by atoms with Gasteiger partial charge in [0, 0.05) is 0 Å². The van der Waals surface area contributed by atoms with Gasteiger partial charge in [-0.2, -0.15) is 4.80 Å². The van der Waals surface area contributed by atoms with Crippen LogP contribution in [0.4, 0.5) is 0 Å². The van der Waals surface area contributed by atoms with Crippen molar-refractivity contribution >= 4 is 0 Å². The fourth-order valence-corrected chi connectivity index (χ4v) is 1.79. The van der Waals surface area contributed by atoms with Gasteiger partial charge in [0.05, 0.1) is 7.05 Å². The molecule has 0 saturated heterocycles. The molecule has 0 spiro atoms. The molecule has 0 aliphatic carbocycles. The van der Waals surface area contributed by atoms with Gasteiger partial charge in [-0.3, -0.25) is 0 Å². The lowest BCUT2D eigenvalue weighted by molar-refractivity contribution is 0.290. The van der Waals surface area contributed by atoms with E-state index in [2.05, 4.69) is 15.4 Å². The average Bonchev–Trinajstić information content (AvgIpc) is 2.75. The second-order valence-corrected chi connectivity index (χ2v) is 4.09. The fraction of sp³-hybridized carbons (Fsp3) is 0.417. The normalized spacial score (nSPS) is 10.6. The van der Waals surface area contributed by atoms with Crippen molar-refractivity contribution in [3.8, 4) is 5.75 Å². The van der Waals surface area contributed by atoms with Gasteiger partial charge in [0.15, 0.2) is 6.61 Å². The number of nitrogens with two attached hydrogens (primary N) is 1. The molecule has 0 unspecified atom stereocenters. The first-order valence-electron chi connectivity index (χ1n) is 5.85. The van der Waals surface area contributed by atoms with E-state index in [4.69, 9.17) is 10.5 Å². The molecule has 1 heterocycles. The maximum Gasteiger partial charge on any atom is 0.212 e. The zero-order chi connectivity index (χ0) is 13.0. The molecule has 0 fully saturated rings. The SMILES string of the molecule is Cc1cccc(CCN)c1OCc1nnn(C)n1. The Balaban J connectivity index is 2.12. The summed E-state index contributed by atoms with van der Waals surface area (Å²) in [5.41, 5.74) is 7.80. The highest BCUT2D eigenvalue weighted by Crippen LogP contribution is 2.24. The van der Waals surface area contributed by atoms with E-state index in [1.54, 1.807) is 7.05 Å². The van der Waals surface area contributed by atoms with Crippen LogP contribution in [0.25, 0.3) is 0 Å². The molecule has 0 aliphatic rings. The summed E-state index contributed by atoms with van der Waals surface area (Å²) in [6.07, 6.45) is 0.797. The van der Waals surface area contributed by atoms with Crippen LogP contribution < -0.4 is 10.5 Å². The number of aryl methyl sites for hydroxylation is 2. The molecule has 2 aromatic rings. The van der Waals surface area contributed by atoms with Gasteiger partial charge in [-0.05, 0) is 36.2 Å². The number of nitrogens with zero attached hydrogens (tertiary/aromatic N) is 4. The van der Waals surface area contributed by atoms with Gasteiger partial charge in [0.2, 0.25) is 5.82 Å². The molecular formula is C12H17N5O. The first-order chi connectivity index (χ1) is 8.70. The highest BCUT2D eigenvalue weighted by Gasteiger charge is 2.08. The zero-order valence-electron chi connectivity index (χ0n) is 10.6. The Kier molecular flexibility index (Phi) is 3.88. The lowest BCUT2D eigenvalue weighted by Crippen LogP contribution is -2.07. The van der Waals surface area contributed by atoms with Gasteiger partial charge in [0.1, 0.15) is 5.75 Å². The first kappa shape index (κ1) is 12.5. The van der Waals surface area contributed by atoms with Crippen LogP contribution in [-0.4, -0.2) is 26.8 Å². The van der Waals surface area contributed by atoms with Crippen molar-refractivity contribution in [1.29, 1.82) is 0 Å². The van der Waals surface area contributed by atoms with E-state index in [0.29, 0.717) is 19.0 Å². The molecule has 0 bridgehead atoms. The summed E-state index contributed by atoms with van der Waals surface area (Å²) in [6, 6.07) is 6.05. The molecule has 0 saturated carbocycles. The van der Waals surface area contributed by atoms with E-state index in [1.165, 1.54) is 4.80 Å². The quantitative estimate of drug-likeness (QED) is 0.837. The maximum absolute atomic E-state index is 5.79. The molecule has 6 heteroatoms. The minimum absolute atomic E-state index is 0.316. The Morgan fingerprint density at radius 1 is 1.39 bits per heavy atom. The summed E-state index contributed by atoms with van der Waals surface area (Å²) in [7, 11) is 1.73. The van der Waals surface area contributed by atoms with Crippen molar-refractivity contribution < 1.29 is 4.74 Å². The third kappa shape index (κ3) is 2.84. The smallest absolute Gasteiger partial charge is 0.212 e. The molecule has 1 aromatic heterocycles. The van der Waals surface area contributed by atoms with E-state index < -0.39 is 0 Å². The lowest BCUT2D eigenvalue weighted by atomic mass is 10.1. The van der Waals surface area contributed by atoms with Gasteiger partial charge in [-0.25, -0.2) is 0 Å². The molecular weight excluding hydrogens is 230 g/mol. The second kappa shape index (κ2) is 5.59. The molecule has 6 nitrogen and oxygen atoms in total. The average molecular weight is 247 g/mol. The number of tetrazole rings is 1. The Morgan fingerprint density at radius 2 is 2.22 bits per heavy atom. The van der Waals surface area contributed by atoms with Crippen molar-refractivity contribution in [1.82, 2.24) is 20.2 Å². The Hall–Kier alpha value is -1.95. The molecule has 0 radical (unpaired) electrons. The molecule has 2 rings (SSSR count). The Bertz CT molecular complexity index is 523. The summed E-state index contributed by atoms with van der Waals surface area (Å²) in [5.74, 6) is 1.44. The summed E-state index contributed by atoms with van der Waals surface area (Å²) >= 11 is 0. The third-order valence-electron chi connectivity index (χ3n) is 2.60. The molecule has 0 amide bonds. The van der Waals surface area contributed by atoms with E-state index in [0.717, 1.165) is 23.3 Å². The van der Waals surface area contributed by atoms with Crippen LogP contribution in [0, 0.1) is 6.92 Å². The number of aromatic nitrogens is 4. The highest BCUT2D eigenvalue weighted by molar-refractivity contribution is 5.40. The largest absolute Gasteiger partial charge is 0.485 e. The van der Waals surface area contributed by atoms with Crippen LogP contribution in [0.2, 0.25) is 0 Å². The van der Waals surface area contributed by atoms with Crippen molar-refractivity contribution in [3.63, 3.8) is 0 Å². The topological polar surface area (TPSA) is 78.9 Å². The van der Waals surface area contributed by atoms with Crippen molar-refractivity contribution in [3.05, 3.63) is 35.2 Å². The van der Waals surface area contributed by atoms with E-state index in [1.807, 2.05) is 25.1 Å². The minimum Gasteiger partial charge on any atom is -0.485 e. The summed E-state index contributed by atoms with van der Waals surface area (Å²) in [6.45, 7) is 2.93. The van der Waals surface area contributed by atoms with Crippen LogP contribution in [0.3, 0.4) is 0 Å². The monoisotopic (exact) mass is 247 g/mol. The number of rotatable bonds is 5. The molecule has 96 valence electrons.